The van der Waals surface area contributed by atoms with E-state index >= 15 is 0 Å². The minimum atomic E-state index is -0.0539. The number of aromatic nitrogens is 1. The maximum atomic E-state index is 13.3. The second-order valence-corrected chi connectivity index (χ2v) is 9.98. The molecular formula is C24H16N2O2S2. The molecule has 4 heterocycles. The number of hydrogen-bond acceptors (Lipinski definition) is 5. The lowest BCUT2D eigenvalue weighted by Crippen LogP contribution is -2.33. The predicted molar refractivity (Wildman–Crippen MR) is 117 cm³/mol. The van der Waals surface area contributed by atoms with Crippen molar-refractivity contribution in [2.75, 3.05) is 11.4 Å². The molecule has 0 spiro atoms. The Kier molecular flexibility index (Phi) is 3.31. The molecule has 0 radical (unpaired) electrons. The maximum Gasteiger partial charge on any atom is 0.266 e. The van der Waals surface area contributed by atoms with Crippen LogP contribution in [0.3, 0.4) is 0 Å². The summed E-state index contributed by atoms with van der Waals surface area (Å²) in [4.78, 5) is 16.7. The van der Waals surface area contributed by atoms with Crippen LogP contribution >= 0.6 is 23.1 Å². The van der Waals surface area contributed by atoms with Gasteiger partial charge in [-0.25, -0.2) is 0 Å². The first-order valence-electron chi connectivity index (χ1n) is 10.1. The van der Waals surface area contributed by atoms with Gasteiger partial charge >= 0.3 is 0 Å². The van der Waals surface area contributed by atoms with Crippen molar-refractivity contribution in [3.8, 4) is 0 Å². The van der Waals surface area contributed by atoms with Gasteiger partial charge in [0.15, 0.2) is 12.3 Å². The third-order valence-corrected chi connectivity index (χ3v) is 8.87. The lowest BCUT2D eigenvalue weighted by Gasteiger charge is -2.32. The van der Waals surface area contributed by atoms with E-state index in [0.717, 1.165) is 47.1 Å². The first-order chi connectivity index (χ1) is 14.7. The molecule has 7 rings (SSSR count). The van der Waals surface area contributed by atoms with Crippen molar-refractivity contribution in [1.29, 1.82) is 0 Å². The van der Waals surface area contributed by atoms with Gasteiger partial charge in [-0.05, 0) is 30.2 Å². The van der Waals surface area contributed by atoms with Gasteiger partial charge in [0.1, 0.15) is 4.70 Å². The maximum absolute atomic E-state index is 13.3. The van der Waals surface area contributed by atoms with E-state index in [1.807, 2.05) is 24.3 Å². The molecule has 4 aliphatic rings. The molecule has 146 valence electrons. The zero-order chi connectivity index (χ0) is 20.0. The highest BCUT2D eigenvalue weighted by molar-refractivity contribution is 8.03. The van der Waals surface area contributed by atoms with Crippen molar-refractivity contribution >= 4 is 50.4 Å². The Bertz CT molecular complexity index is 1410. The molecule has 0 N–H and O–H groups in total. The number of rotatable bonds is 1. The van der Waals surface area contributed by atoms with Crippen LogP contribution in [-0.4, -0.2) is 12.3 Å². The highest BCUT2D eigenvalue weighted by atomic mass is 32.2. The molecular weight excluding hydrogens is 412 g/mol. The van der Waals surface area contributed by atoms with Crippen molar-refractivity contribution in [2.45, 2.75) is 24.3 Å². The molecule has 4 nitrogen and oxygen atoms in total. The molecule has 0 unspecified atom stereocenters. The van der Waals surface area contributed by atoms with E-state index in [2.05, 4.69) is 33.7 Å². The number of anilines is 1. The van der Waals surface area contributed by atoms with Crippen LogP contribution in [0.2, 0.25) is 0 Å². The van der Waals surface area contributed by atoms with E-state index in [-0.39, 0.29) is 11.5 Å². The zero-order valence-electron chi connectivity index (χ0n) is 16.0. The summed E-state index contributed by atoms with van der Waals surface area (Å²) in [5.41, 5.74) is 5.11. The predicted octanol–water partition coefficient (Wildman–Crippen LogP) is 3.77. The molecule has 0 saturated carbocycles. The number of carbonyl (C=O) groups is 1. The van der Waals surface area contributed by atoms with Gasteiger partial charge in [0, 0.05) is 35.1 Å². The van der Waals surface area contributed by atoms with Crippen LogP contribution in [0.15, 0.2) is 80.9 Å². The number of aryl methyl sites for hydroxylation is 1. The lowest BCUT2D eigenvalue weighted by atomic mass is 9.80. The highest BCUT2D eigenvalue weighted by Crippen LogP contribution is 2.53. The molecule has 1 aliphatic carbocycles. The molecule has 6 heteroatoms. The van der Waals surface area contributed by atoms with Crippen LogP contribution in [0.25, 0.3) is 15.8 Å². The fourth-order valence-electron chi connectivity index (χ4n) is 5.03. The second kappa shape index (κ2) is 5.86. The van der Waals surface area contributed by atoms with E-state index < -0.39 is 0 Å². The monoisotopic (exact) mass is 428 g/mol. The molecule has 1 aromatic heterocycles. The Balaban J connectivity index is 1.35. The average Bonchev–Trinajstić information content (AvgIpc) is 3.50. The normalized spacial score (nSPS) is 22.1. The molecule has 3 aliphatic heterocycles. The summed E-state index contributed by atoms with van der Waals surface area (Å²) >= 11 is 3.37. The topological polar surface area (TPSA) is 47.3 Å². The fourth-order valence-corrected chi connectivity index (χ4v) is 7.56. The lowest BCUT2D eigenvalue weighted by molar-refractivity contribution is -0.659. The fraction of sp³-hybridized carbons (Fsp3) is 0.167. The number of allylic oxidation sites excluding steroid dienone is 3. The number of hydrogen-bond donors (Lipinski definition) is 0. The number of ketones is 1. The quantitative estimate of drug-likeness (QED) is 0.437. The summed E-state index contributed by atoms with van der Waals surface area (Å²) in [5, 5.41) is 15.4. The van der Waals surface area contributed by atoms with E-state index in [1.54, 1.807) is 23.1 Å². The SMILES string of the molecule is O=C1C(C2=C3Sc4ccccc4N3CC2)=C([O-])/C1=C1/CC[n+]2c1sc1ccccc12. The van der Waals surface area contributed by atoms with Crippen LogP contribution in [-0.2, 0) is 11.3 Å². The van der Waals surface area contributed by atoms with Gasteiger partial charge in [0.2, 0.25) is 5.52 Å². The molecule has 0 saturated heterocycles. The number of benzene rings is 2. The Morgan fingerprint density at radius 3 is 2.70 bits per heavy atom. The van der Waals surface area contributed by atoms with Crippen molar-refractivity contribution in [2.24, 2.45) is 0 Å². The number of carbonyl (C=O) groups excluding carboxylic acids is 1. The molecule has 0 bridgehead atoms. The Hall–Kier alpha value is -2.83. The molecule has 0 atom stereocenters. The van der Waals surface area contributed by atoms with Crippen molar-refractivity contribution in [3.63, 3.8) is 0 Å². The van der Waals surface area contributed by atoms with Gasteiger partial charge in [-0.1, -0.05) is 53.1 Å². The third kappa shape index (κ3) is 2.03. The number of para-hydroxylation sites is 2. The minimum Gasteiger partial charge on any atom is -0.871 e. The van der Waals surface area contributed by atoms with Crippen molar-refractivity contribution in [3.05, 3.63) is 81.0 Å². The summed E-state index contributed by atoms with van der Waals surface area (Å²) in [6.45, 7) is 1.67. The Morgan fingerprint density at radius 1 is 0.967 bits per heavy atom. The van der Waals surface area contributed by atoms with E-state index in [1.165, 1.54) is 20.8 Å². The summed E-state index contributed by atoms with van der Waals surface area (Å²) < 4.78 is 3.45. The van der Waals surface area contributed by atoms with Crippen LogP contribution in [0.1, 0.15) is 17.8 Å². The van der Waals surface area contributed by atoms with Crippen LogP contribution < -0.4 is 14.6 Å². The van der Waals surface area contributed by atoms with E-state index in [4.69, 9.17) is 0 Å². The minimum absolute atomic E-state index is 0.0539. The summed E-state index contributed by atoms with van der Waals surface area (Å²) in [5.74, 6) is -0.108. The average molecular weight is 429 g/mol. The molecule has 0 amide bonds. The summed E-state index contributed by atoms with van der Waals surface area (Å²) in [7, 11) is 0. The van der Waals surface area contributed by atoms with Crippen LogP contribution in [0.5, 0.6) is 0 Å². The van der Waals surface area contributed by atoms with Crippen molar-refractivity contribution in [1.82, 2.24) is 0 Å². The van der Waals surface area contributed by atoms with Gasteiger partial charge in [-0.3, -0.25) is 4.79 Å². The van der Waals surface area contributed by atoms with E-state index in [0.29, 0.717) is 11.1 Å². The standard InChI is InChI=1S/C24H16N2O2S2/c27-21-19(13-9-11-25-15-5-1-3-7-17(15)29-23(13)25)22(28)20(21)14-10-12-26-16-6-2-4-8-18(16)30-24(14)26/h1-8H,9-12H2. The molecule has 3 aromatic rings. The van der Waals surface area contributed by atoms with Crippen LogP contribution in [0, 0.1) is 0 Å². The number of thiazole rings is 1. The third-order valence-electron chi connectivity index (χ3n) is 6.41. The number of fused-ring (bicyclic) bond motifs is 6. The zero-order valence-corrected chi connectivity index (χ0v) is 17.6. The molecule has 2 aromatic carbocycles. The Labute approximate surface area is 181 Å². The van der Waals surface area contributed by atoms with Crippen LogP contribution in [0.4, 0.5) is 5.69 Å². The van der Waals surface area contributed by atoms with Gasteiger partial charge in [-0.2, -0.15) is 4.57 Å². The smallest absolute Gasteiger partial charge is 0.266 e. The molecule has 30 heavy (non-hydrogen) atoms. The largest absolute Gasteiger partial charge is 0.871 e. The highest BCUT2D eigenvalue weighted by Gasteiger charge is 2.42. The first kappa shape index (κ1) is 16.9. The summed E-state index contributed by atoms with van der Waals surface area (Å²) in [6.07, 6.45) is 1.52. The van der Waals surface area contributed by atoms with Gasteiger partial charge in [0.25, 0.3) is 5.01 Å². The number of thioether (sulfide) groups is 1. The summed E-state index contributed by atoms with van der Waals surface area (Å²) in [6, 6.07) is 16.6. The Morgan fingerprint density at radius 2 is 1.80 bits per heavy atom. The number of Topliss-reactive ketones (excluding diaryl/α,β-unsaturated/α-hetero) is 1. The first-order valence-corrected chi connectivity index (χ1v) is 11.7. The van der Waals surface area contributed by atoms with Gasteiger partial charge in [-0.15, -0.1) is 0 Å². The second-order valence-electron chi connectivity index (χ2n) is 7.92. The van der Waals surface area contributed by atoms with E-state index in [9.17, 15) is 9.90 Å². The van der Waals surface area contributed by atoms with Gasteiger partial charge in [0.05, 0.1) is 16.3 Å². The molecule has 0 fully saturated rings. The van der Waals surface area contributed by atoms with Gasteiger partial charge < -0.3 is 10.0 Å². The number of nitrogens with zero attached hydrogens (tertiary/aromatic N) is 2. The van der Waals surface area contributed by atoms with Crippen molar-refractivity contribution < 1.29 is 14.5 Å².